The molecule has 1 aliphatic rings. The Morgan fingerprint density at radius 1 is 1.50 bits per heavy atom. The summed E-state index contributed by atoms with van der Waals surface area (Å²) in [5.74, 6) is 0. The van der Waals surface area contributed by atoms with Crippen LogP contribution in [0.25, 0.3) is 5.70 Å². The predicted octanol–water partition coefficient (Wildman–Crippen LogP) is 2.50. The maximum atomic E-state index is 11.1. The molecule has 0 aliphatic carbocycles. The normalized spacial score (nSPS) is 15.8. The highest BCUT2D eigenvalue weighted by atomic mass is 16.4. The highest BCUT2D eigenvalue weighted by molar-refractivity contribution is 5.81. The molecule has 0 bridgehead atoms. The van der Waals surface area contributed by atoms with Crippen LogP contribution in [-0.2, 0) is 0 Å². The summed E-state index contributed by atoms with van der Waals surface area (Å²) in [5, 5.41) is 9.09. The molecule has 1 aromatic rings. The minimum absolute atomic E-state index is 0.565. The van der Waals surface area contributed by atoms with Gasteiger partial charge in [-0.05, 0) is 31.9 Å². The molecule has 0 radical (unpaired) electrons. The number of rotatable bonds is 1. The van der Waals surface area contributed by atoms with Crippen LogP contribution in [0.4, 0.5) is 4.79 Å². The van der Waals surface area contributed by atoms with Gasteiger partial charge < -0.3 is 5.11 Å². The molecule has 4 nitrogen and oxygen atoms in total. The smallest absolute Gasteiger partial charge is 0.411 e. The van der Waals surface area contributed by atoms with Crippen LogP contribution in [0.15, 0.2) is 24.4 Å². The van der Waals surface area contributed by atoms with Crippen LogP contribution >= 0.6 is 0 Å². The monoisotopic (exact) mass is 218 g/mol. The molecular weight excluding hydrogens is 204 g/mol. The maximum Gasteiger partial charge on any atom is 0.411 e. The minimum Gasteiger partial charge on any atom is -0.465 e. The van der Waals surface area contributed by atoms with Crippen molar-refractivity contribution in [2.45, 2.75) is 19.8 Å². The number of aromatic nitrogens is 1. The predicted molar refractivity (Wildman–Crippen MR) is 60.9 cm³/mol. The molecule has 1 aromatic heterocycles. The molecular formula is C12H14N2O2. The first-order valence-electron chi connectivity index (χ1n) is 5.32. The standard InChI is InChI=1S/C12H14N2O2/c1-9-5-6-10(8-13-9)11-4-2-3-7-14(11)12(15)16/h4-6,8H,2-3,7H2,1H3,(H,15,16). The average Bonchev–Trinajstić information content (AvgIpc) is 2.30. The van der Waals surface area contributed by atoms with E-state index in [9.17, 15) is 4.79 Å². The second kappa shape index (κ2) is 4.35. The van der Waals surface area contributed by atoms with Crippen LogP contribution in [0.3, 0.4) is 0 Å². The first-order chi connectivity index (χ1) is 7.68. The van der Waals surface area contributed by atoms with Gasteiger partial charge in [0.2, 0.25) is 0 Å². The lowest BCUT2D eigenvalue weighted by Crippen LogP contribution is -2.31. The first kappa shape index (κ1) is 10.7. The van der Waals surface area contributed by atoms with Crippen molar-refractivity contribution in [1.82, 2.24) is 9.88 Å². The quantitative estimate of drug-likeness (QED) is 0.787. The maximum absolute atomic E-state index is 11.1. The molecule has 4 heteroatoms. The molecule has 0 unspecified atom stereocenters. The summed E-state index contributed by atoms with van der Waals surface area (Å²) >= 11 is 0. The molecule has 84 valence electrons. The summed E-state index contributed by atoms with van der Waals surface area (Å²) in [7, 11) is 0. The molecule has 0 saturated heterocycles. The number of allylic oxidation sites excluding steroid dienone is 1. The van der Waals surface area contributed by atoms with Crippen molar-refractivity contribution in [3.05, 3.63) is 35.7 Å². The van der Waals surface area contributed by atoms with Crippen molar-refractivity contribution in [1.29, 1.82) is 0 Å². The zero-order valence-corrected chi connectivity index (χ0v) is 9.18. The summed E-state index contributed by atoms with van der Waals surface area (Å²) in [6.45, 7) is 2.48. The highest BCUT2D eigenvalue weighted by Crippen LogP contribution is 2.24. The van der Waals surface area contributed by atoms with Crippen molar-refractivity contribution < 1.29 is 9.90 Å². The molecule has 0 spiro atoms. The van der Waals surface area contributed by atoms with Crippen molar-refractivity contribution in [2.24, 2.45) is 0 Å². The molecule has 1 amide bonds. The number of carbonyl (C=O) groups is 1. The Kier molecular flexibility index (Phi) is 2.90. The molecule has 1 aliphatic heterocycles. The van der Waals surface area contributed by atoms with Crippen molar-refractivity contribution in [3.63, 3.8) is 0 Å². The van der Waals surface area contributed by atoms with Crippen LogP contribution in [0.1, 0.15) is 24.1 Å². The van der Waals surface area contributed by atoms with Crippen molar-refractivity contribution in [3.8, 4) is 0 Å². The lowest BCUT2D eigenvalue weighted by atomic mass is 10.1. The molecule has 2 rings (SSSR count). The summed E-state index contributed by atoms with van der Waals surface area (Å²) < 4.78 is 0. The van der Waals surface area contributed by atoms with Gasteiger partial charge in [-0.1, -0.05) is 6.08 Å². The van der Waals surface area contributed by atoms with Gasteiger partial charge in [-0.25, -0.2) is 4.79 Å². The van der Waals surface area contributed by atoms with E-state index in [1.54, 1.807) is 6.20 Å². The third-order valence-corrected chi connectivity index (χ3v) is 2.65. The van der Waals surface area contributed by atoms with E-state index in [4.69, 9.17) is 5.11 Å². The van der Waals surface area contributed by atoms with Crippen molar-refractivity contribution in [2.75, 3.05) is 6.54 Å². The third-order valence-electron chi connectivity index (χ3n) is 2.65. The summed E-state index contributed by atoms with van der Waals surface area (Å²) in [6.07, 6.45) is 4.60. The Balaban J connectivity index is 2.33. The van der Waals surface area contributed by atoms with Crippen molar-refractivity contribution >= 4 is 11.8 Å². The SMILES string of the molecule is Cc1ccc(C2=CCCCN2C(=O)O)cn1. The Bertz CT molecular complexity index is 423. The Labute approximate surface area is 94.2 Å². The lowest BCUT2D eigenvalue weighted by Gasteiger charge is -2.26. The molecule has 16 heavy (non-hydrogen) atoms. The van der Waals surface area contributed by atoms with Gasteiger partial charge in [-0.15, -0.1) is 0 Å². The summed E-state index contributed by atoms with van der Waals surface area (Å²) in [5.41, 5.74) is 2.56. The Morgan fingerprint density at radius 3 is 2.94 bits per heavy atom. The number of hydrogen-bond acceptors (Lipinski definition) is 2. The zero-order chi connectivity index (χ0) is 11.5. The Hall–Kier alpha value is -1.84. The van der Waals surface area contributed by atoms with Crippen LogP contribution in [0.5, 0.6) is 0 Å². The van der Waals surface area contributed by atoms with Gasteiger partial charge in [0.05, 0.1) is 5.70 Å². The van der Waals surface area contributed by atoms with Gasteiger partial charge in [0.1, 0.15) is 0 Å². The van der Waals surface area contributed by atoms with Crippen LogP contribution in [0, 0.1) is 6.92 Å². The summed E-state index contributed by atoms with van der Waals surface area (Å²) in [4.78, 5) is 16.6. The van der Waals surface area contributed by atoms with Gasteiger partial charge in [0.25, 0.3) is 0 Å². The average molecular weight is 218 g/mol. The highest BCUT2D eigenvalue weighted by Gasteiger charge is 2.20. The van der Waals surface area contributed by atoms with E-state index in [2.05, 4.69) is 4.98 Å². The second-order valence-corrected chi connectivity index (χ2v) is 3.85. The topological polar surface area (TPSA) is 53.4 Å². The van der Waals surface area contributed by atoms with E-state index < -0.39 is 6.09 Å². The molecule has 0 aromatic carbocycles. The van der Waals surface area contributed by atoms with E-state index >= 15 is 0 Å². The van der Waals surface area contributed by atoms with Gasteiger partial charge in [0.15, 0.2) is 0 Å². The van der Waals surface area contributed by atoms with Crippen LogP contribution in [0.2, 0.25) is 0 Å². The fourth-order valence-electron chi connectivity index (χ4n) is 1.81. The number of amides is 1. The number of aryl methyl sites for hydroxylation is 1. The second-order valence-electron chi connectivity index (χ2n) is 3.85. The third kappa shape index (κ3) is 2.05. The summed E-state index contributed by atoms with van der Waals surface area (Å²) in [6, 6.07) is 3.81. The van der Waals surface area contributed by atoms with Crippen LogP contribution in [-0.4, -0.2) is 27.6 Å². The number of nitrogens with zero attached hydrogens (tertiary/aromatic N) is 2. The fraction of sp³-hybridized carbons (Fsp3) is 0.333. The first-order valence-corrected chi connectivity index (χ1v) is 5.32. The largest absolute Gasteiger partial charge is 0.465 e. The van der Waals surface area contributed by atoms with E-state index in [1.807, 2.05) is 25.1 Å². The van der Waals surface area contributed by atoms with E-state index in [1.165, 1.54) is 4.90 Å². The van der Waals surface area contributed by atoms with Gasteiger partial charge in [-0.2, -0.15) is 0 Å². The zero-order valence-electron chi connectivity index (χ0n) is 9.18. The lowest BCUT2D eigenvalue weighted by molar-refractivity contribution is 0.164. The van der Waals surface area contributed by atoms with Gasteiger partial charge >= 0.3 is 6.09 Å². The minimum atomic E-state index is -0.897. The molecule has 0 saturated carbocycles. The molecule has 1 N–H and O–H groups in total. The van der Waals surface area contributed by atoms with Crippen LogP contribution < -0.4 is 0 Å². The van der Waals surface area contributed by atoms with Gasteiger partial charge in [-0.3, -0.25) is 9.88 Å². The van der Waals surface area contributed by atoms with E-state index in [-0.39, 0.29) is 0 Å². The molecule has 0 atom stereocenters. The van der Waals surface area contributed by atoms with E-state index in [0.717, 1.165) is 29.8 Å². The number of pyridine rings is 1. The number of carboxylic acid groups (broad SMARTS) is 1. The molecule has 2 heterocycles. The molecule has 0 fully saturated rings. The van der Waals surface area contributed by atoms with E-state index in [0.29, 0.717) is 6.54 Å². The Morgan fingerprint density at radius 2 is 2.31 bits per heavy atom. The van der Waals surface area contributed by atoms with Gasteiger partial charge in [0, 0.05) is 24.0 Å². The number of hydrogen-bond donors (Lipinski definition) is 1. The fourth-order valence-corrected chi connectivity index (χ4v) is 1.81.